The van der Waals surface area contributed by atoms with Crippen LogP contribution in [0.15, 0.2) is 18.2 Å². The first-order valence-electron chi connectivity index (χ1n) is 7.31. The summed E-state index contributed by atoms with van der Waals surface area (Å²) in [7, 11) is 0. The first-order valence-corrected chi connectivity index (χ1v) is 8.39. The number of halogens is 4. The minimum Gasteiger partial charge on any atom is -0.483 e. The first-order chi connectivity index (χ1) is 10.8. The molecule has 1 fully saturated rings. The Morgan fingerprint density at radius 1 is 1.26 bits per heavy atom. The van der Waals surface area contributed by atoms with Gasteiger partial charge in [-0.2, -0.15) is 13.2 Å². The second kappa shape index (κ2) is 7.69. The van der Waals surface area contributed by atoms with Gasteiger partial charge in [0.2, 0.25) is 0 Å². The summed E-state index contributed by atoms with van der Waals surface area (Å²) in [6.07, 6.45) is -4.38. The lowest BCUT2D eigenvalue weighted by Crippen LogP contribution is -2.48. The second-order valence-electron chi connectivity index (χ2n) is 5.28. The van der Waals surface area contributed by atoms with Crippen LogP contribution in [0.4, 0.5) is 13.2 Å². The van der Waals surface area contributed by atoms with Crippen molar-refractivity contribution in [2.24, 2.45) is 0 Å². The maximum absolute atomic E-state index is 12.5. The molecule has 1 saturated heterocycles. The number of benzene rings is 1. The third kappa shape index (κ3) is 5.23. The van der Waals surface area contributed by atoms with Crippen molar-refractivity contribution in [1.29, 1.82) is 0 Å². The van der Waals surface area contributed by atoms with Crippen LogP contribution in [0.3, 0.4) is 0 Å². The molecule has 0 bridgehead atoms. The van der Waals surface area contributed by atoms with Crippen LogP contribution in [0, 0.1) is 3.57 Å². The summed E-state index contributed by atoms with van der Waals surface area (Å²) in [6.45, 7) is 4.71. The smallest absolute Gasteiger partial charge is 0.422 e. The number of rotatable bonds is 4. The standard InChI is InChI=1S/C15H18F3IN2O2/c1-2-20-5-7-21(8-6-20)14(22)11-3-4-13(12(19)9-11)23-10-15(16,17)18/h3-4,9H,2,5-8,10H2,1H3. The molecule has 0 atom stereocenters. The molecule has 8 heteroatoms. The van der Waals surface area contributed by atoms with E-state index < -0.39 is 12.8 Å². The number of carbonyl (C=O) groups is 1. The molecule has 1 aromatic rings. The summed E-state index contributed by atoms with van der Waals surface area (Å²) in [6, 6.07) is 4.51. The highest BCUT2D eigenvalue weighted by Crippen LogP contribution is 2.25. The van der Waals surface area contributed by atoms with Crippen LogP contribution in [0.5, 0.6) is 5.75 Å². The molecule has 1 aliphatic heterocycles. The molecule has 0 saturated carbocycles. The monoisotopic (exact) mass is 442 g/mol. The Kier molecular flexibility index (Phi) is 6.12. The summed E-state index contributed by atoms with van der Waals surface area (Å²) < 4.78 is 41.8. The van der Waals surface area contributed by atoms with Gasteiger partial charge in [0.15, 0.2) is 6.61 Å². The fourth-order valence-electron chi connectivity index (χ4n) is 2.36. The zero-order valence-electron chi connectivity index (χ0n) is 12.7. The minimum absolute atomic E-state index is 0.0963. The largest absolute Gasteiger partial charge is 0.483 e. The highest BCUT2D eigenvalue weighted by Gasteiger charge is 2.29. The number of amides is 1. The average molecular weight is 442 g/mol. The van der Waals surface area contributed by atoms with Crippen molar-refractivity contribution in [3.05, 3.63) is 27.3 Å². The number of alkyl halides is 3. The lowest BCUT2D eigenvalue weighted by molar-refractivity contribution is -0.153. The third-order valence-electron chi connectivity index (χ3n) is 3.68. The number of piperazine rings is 1. The van der Waals surface area contributed by atoms with Gasteiger partial charge in [0, 0.05) is 31.7 Å². The highest BCUT2D eigenvalue weighted by atomic mass is 127. The zero-order chi connectivity index (χ0) is 17.0. The zero-order valence-corrected chi connectivity index (χ0v) is 14.9. The van der Waals surface area contributed by atoms with Gasteiger partial charge in [-0.15, -0.1) is 0 Å². The fraction of sp³-hybridized carbons (Fsp3) is 0.533. The molecule has 1 heterocycles. The Morgan fingerprint density at radius 2 is 1.91 bits per heavy atom. The van der Waals surface area contributed by atoms with Crippen LogP contribution in [-0.4, -0.2) is 61.2 Å². The maximum Gasteiger partial charge on any atom is 0.422 e. The first kappa shape index (κ1) is 18.3. The number of ether oxygens (including phenoxy) is 1. The molecule has 0 unspecified atom stereocenters. The van der Waals surface area contributed by atoms with Gasteiger partial charge >= 0.3 is 6.18 Å². The van der Waals surface area contributed by atoms with Gasteiger partial charge in [-0.1, -0.05) is 6.92 Å². The average Bonchev–Trinajstić information content (AvgIpc) is 2.52. The number of hydrogen-bond donors (Lipinski definition) is 0. The van der Waals surface area contributed by atoms with Crippen molar-refractivity contribution in [3.8, 4) is 5.75 Å². The van der Waals surface area contributed by atoms with Crippen molar-refractivity contribution < 1.29 is 22.7 Å². The highest BCUT2D eigenvalue weighted by molar-refractivity contribution is 14.1. The van der Waals surface area contributed by atoms with Crippen LogP contribution in [0.2, 0.25) is 0 Å². The van der Waals surface area contributed by atoms with Gasteiger partial charge in [-0.05, 0) is 47.3 Å². The van der Waals surface area contributed by atoms with Gasteiger partial charge < -0.3 is 14.5 Å². The van der Waals surface area contributed by atoms with Gasteiger partial charge in [-0.25, -0.2) is 0 Å². The van der Waals surface area contributed by atoms with Gasteiger partial charge in [-0.3, -0.25) is 4.79 Å². The molecule has 0 spiro atoms. The lowest BCUT2D eigenvalue weighted by Gasteiger charge is -2.34. The Bertz CT molecular complexity index is 558. The lowest BCUT2D eigenvalue weighted by atomic mass is 10.1. The molecule has 4 nitrogen and oxygen atoms in total. The summed E-state index contributed by atoms with van der Waals surface area (Å²) in [4.78, 5) is 16.5. The molecule has 0 aromatic heterocycles. The molecule has 0 N–H and O–H groups in total. The van der Waals surface area contributed by atoms with E-state index in [0.29, 0.717) is 22.2 Å². The second-order valence-corrected chi connectivity index (χ2v) is 6.44. The van der Waals surface area contributed by atoms with E-state index in [1.165, 1.54) is 12.1 Å². The Hall–Kier alpha value is -1.03. The topological polar surface area (TPSA) is 32.8 Å². The van der Waals surface area contributed by atoms with Crippen LogP contribution in [-0.2, 0) is 0 Å². The molecule has 2 rings (SSSR count). The number of nitrogens with zero attached hydrogens (tertiary/aromatic N) is 2. The summed E-state index contributed by atoms with van der Waals surface area (Å²) in [5.74, 6) is 0.0383. The maximum atomic E-state index is 12.5. The van der Waals surface area contributed by atoms with E-state index in [1.54, 1.807) is 11.0 Å². The normalized spacial score (nSPS) is 16.5. The molecule has 0 radical (unpaired) electrons. The van der Waals surface area contributed by atoms with Crippen molar-refractivity contribution in [3.63, 3.8) is 0 Å². The number of likely N-dealkylation sites (N-methyl/N-ethyl adjacent to an activating group) is 1. The number of carbonyl (C=O) groups excluding carboxylic acids is 1. The Morgan fingerprint density at radius 3 is 2.43 bits per heavy atom. The van der Waals surface area contributed by atoms with Crippen molar-refractivity contribution >= 4 is 28.5 Å². The van der Waals surface area contributed by atoms with Gasteiger partial charge in [0.25, 0.3) is 5.91 Å². The summed E-state index contributed by atoms with van der Waals surface area (Å²) in [5, 5.41) is 0. The summed E-state index contributed by atoms with van der Waals surface area (Å²) in [5.41, 5.74) is 0.471. The quantitative estimate of drug-likeness (QED) is 0.673. The van der Waals surface area contributed by atoms with Gasteiger partial charge in [0.05, 0.1) is 3.57 Å². The molecule has 23 heavy (non-hydrogen) atoms. The van der Waals surface area contributed by atoms with E-state index in [1.807, 2.05) is 22.6 Å². The van der Waals surface area contributed by atoms with Crippen molar-refractivity contribution in [2.75, 3.05) is 39.3 Å². The molecular formula is C15H18F3IN2O2. The van der Waals surface area contributed by atoms with Gasteiger partial charge in [0.1, 0.15) is 5.75 Å². The fourth-order valence-corrected chi connectivity index (χ4v) is 3.03. The van der Waals surface area contributed by atoms with Crippen LogP contribution >= 0.6 is 22.6 Å². The molecule has 128 valence electrons. The van der Waals surface area contributed by atoms with E-state index in [2.05, 4.69) is 11.8 Å². The summed E-state index contributed by atoms with van der Waals surface area (Å²) >= 11 is 1.88. The molecule has 1 aliphatic rings. The van der Waals surface area contributed by atoms with Crippen LogP contribution < -0.4 is 4.74 Å². The molecule has 1 amide bonds. The van der Waals surface area contributed by atoms with E-state index in [0.717, 1.165) is 19.6 Å². The molecule has 1 aromatic carbocycles. The van der Waals surface area contributed by atoms with Crippen LogP contribution in [0.25, 0.3) is 0 Å². The third-order valence-corrected chi connectivity index (χ3v) is 4.52. The minimum atomic E-state index is -4.38. The predicted molar refractivity (Wildman–Crippen MR) is 88.7 cm³/mol. The Labute approximate surface area is 146 Å². The van der Waals surface area contributed by atoms with Crippen LogP contribution in [0.1, 0.15) is 17.3 Å². The van der Waals surface area contributed by atoms with E-state index in [4.69, 9.17) is 4.74 Å². The van der Waals surface area contributed by atoms with Crippen molar-refractivity contribution in [1.82, 2.24) is 9.80 Å². The predicted octanol–water partition coefficient (Wildman–Crippen LogP) is 3.01. The van der Waals surface area contributed by atoms with E-state index in [9.17, 15) is 18.0 Å². The Balaban J connectivity index is 2.01. The number of hydrogen-bond acceptors (Lipinski definition) is 3. The van der Waals surface area contributed by atoms with E-state index >= 15 is 0 Å². The van der Waals surface area contributed by atoms with E-state index in [-0.39, 0.29) is 11.7 Å². The molecule has 0 aliphatic carbocycles. The van der Waals surface area contributed by atoms with Crippen molar-refractivity contribution in [2.45, 2.75) is 13.1 Å². The SMILES string of the molecule is CCN1CCN(C(=O)c2ccc(OCC(F)(F)F)c(I)c2)CC1. The molecular weight excluding hydrogens is 424 g/mol.